The zero-order valence-corrected chi connectivity index (χ0v) is 17.9. The molecule has 0 saturated heterocycles. The van der Waals surface area contributed by atoms with Crippen LogP contribution in [0.2, 0.25) is 0 Å². The lowest BCUT2D eigenvalue weighted by molar-refractivity contribution is -0.120. The number of anilines is 1. The standard InChI is InChI=1S/C21H27FN2O4S/c1-15(2)13-19(16-9-11-17(28-3)12-10-16)23-21(25)14-24(29(4,26)27)20-8-6-5-7-18(20)22/h5-12,15,19H,13-14H2,1-4H3,(H,23,25)/t19-/m0/s1. The van der Waals surface area contributed by atoms with Crippen LogP contribution in [-0.4, -0.2) is 34.2 Å². The summed E-state index contributed by atoms with van der Waals surface area (Å²) in [4.78, 5) is 12.7. The Morgan fingerprint density at radius 2 is 1.76 bits per heavy atom. The molecular formula is C21H27FN2O4S. The van der Waals surface area contributed by atoms with Gasteiger partial charge in [0, 0.05) is 0 Å². The highest BCUT2D eigenvalue weighted by Gasteiger charge is 2.25. The van der Waals surface area contributed by atoms with E-state index in [2.05, 4.69) is 5.32 Å². The molecule has 2 aromatic rings. The van der Waals surface area contributed by atoms with Crippen molar-refractivity contribution in [3.8, 4) is 5.75 Å². The fourth-order valence-corrected chi connectivity index (χ4v) is 3.85. The SMILES string of the molecule is COc1ccc([C@H](CC(C)C)NC(=O)CN(c2ccccc2F)S(C)(=O)=O)cc1. The number of methoxy groups -OCH3 is 1. The molecular weight excluding hydrogens is 395 g/mol. The molecule has 0 unspecified atom stereocenters. The van der Waals surface area contributed by atoms with Crippen molar-refractivity contribution >= 4 is 21.6 Å². The number of rotatable bonds is 9. The summed E-state index contributed by atoms with van der Waals surface area (Å²) >= 11 is 0. The molecule has 0 saturated carbocycles. The third kappa shape index (κ3) is 6.45. The van der Waals surface area contributed by atoms with Gasteiger partial charge in [-0.1, -0.05) is 38.1 Å². The fourth-order valence-electron chi connectivity index (χ4n) is 2.99. The van der Waals surface area contributed by atoms with Crippen LogP contribution >= 0.6 is 0 Å². The number of sulfonamides is 1. The fraction of sp³-hybridized carbons (Fsp3) is 0.381. The highest BCUT2D eigenvalue weighted by atomic mass is 32.2. The zero-order valence-electron chi connectivity index (χ0n) is 17.1. The summed E-state index contributed by atoms with van der Waals surface area (Å²) < 4.78 is 44.5. The maximum absolute atomic E-state index is 14.1. The largest absolute Gasteiger partial charge is 0.497 e. The van der Waals surface area contributed by atoms with Crippen LogP contribution in [0.3, 0.4) is 0 Å². The maximum Gasteiger partial charge on any atom is 0.241 e. The number of carbonyl (C=O) groups excluding carboxylic acids is 1. The van der Waals surface area contributed by atoms with Crippen LogP contribution < -0.4 is 14.4 Å². The molecule has 2 aromatic carbocycles. The first-order chi connectivity index (χ1) is 13.6. The molecule has 0 radical (unpaired) electrons. The predicted octanol–water partition coefficient (Wildman–Crippen LogP) is 3.50. The highest BCUT2D eigenvalue weighted by molar-refractivity contribution is 7.92. The van der Waals surface area contributed by atoms with Crippen molar-refractivity contribution in [3.63, 3.8) is 0 Å². The first kappa shape index (κ1) is 22.7. The van der Waals surface area contributed by atoms with E-state index in [1.165, 1.54) is 18.2 Å². The molecule has 158 valence electrons. The molecule has 8 heteroatoms. The van der Waals surface area contributed by atoms with Crippen LogP contribution in [-0.2, 0) is 14.8 Å². The number of nitrogens with zero attached hydrogens (tertiary/aromatic N) is 1. The molecule has 1 amide bonds. The van der Waals surface area contributed by atoms with Crippen molar-refractivity contribution in [2.75, 3.05) is 24.2 Å². The van der Waals surface area contributed by atoms with Crippen LogP contribution in [0.15, 0.2) is 48.5 Å². The second-order valence-electron chi connectivity index (χ2n) is 7.24. The summed E-state index contributed by atoms with van der Waals surface area (Å²) in [6.45, 7) is 3.56. The number of benzene rings is 2. The second kappa shape index (κ2) is 9.73. The summed E-state index contributed by atoms with van der Waals surface area (Å²) in [7, 11) is -2.28. The molecule has 29 heavy (non-hydrogen) atoms. The monoisotopic (exact) mass is 422 g/mol. The molecule has 2 rings (SSSR count). The van der Waals surface area contributed by atoms with E-state index >= 15 is 0 Å². The second-order valence-corrected chi connectivity index (χ2v) is 9.15. The van der Waals surface area contributed by atoms with Crippen LogP contribution in [0.25, 0.3) is 0 Å². The summed E-state index contributed by atoms with van der Waals surface area (Å²) in [5.74, 6) is -0.231. The van der Waals surface area contributed by atoms with Gasteiger partial charge in [-0.25, -0.2) is 12.8 Å². The summed E-state index contributed by atoms with van der Waals surface area (Å²) in [5.41, 5.74) is 0.722. The first-order valence-electron chi connectivity index (χ1n) is 9.27. The van der Waals surface area contributed by atoms with Crippen molar-refractivity contribution in [2.24, 2.45) is 5.92 Å². The van der Waals surface area contributed by atoms with Crippen LogP contribution in [0.5, 0.6) is 5.75 Å². The number of halogens is 1. The molecule has 0 bridgehead atoms. The van der Waals surface area contributed by atoms with E-state index in [0.717, 1.165) is 22.2 Å². The normalized spacial score (nSPS) is 12.5. The smallest absolute Gasteiger partial charge is 0.241 e. The molecule has 0 aliphatic carbocycles. The van der Waals surface area contributed by atoms with Crippen molar-refractivity contribution in [1.29, 1.82) is 0 Å². The van der Waals surface area contributed by atoms with Gasteiger partial charge in [0.05, 0.1) is 25.1 Å². The highest BCUT2D eigenvalue weighted by Crippen LogP contribution is 2.25. The molecule has 0 aliphatic rings. The van der Waals surface area contributed by atoms with E-state index in [1.54, 1.807) is 19.2 Å². The molecule has 0 fully saturated rings. The minimum Gasteiger partial charge on any atom is -0.497 e. The van der Waals surface area contributed by atoms with Crippen LogP contribution in [0, 0.1) is 11.7 Å². The minimum atomic E-state index is -3.85. The van der Waals surface area contributed by atoms with E-state index < -0.39 is 28.3 Å². The zero-order chi connectivity index (χ0) is 21.6. The van der Waals surface area contributed by atoms with Gasteiger partial charge in [-0.15, -0.1) is 0 Å². The molecule has 1 atom stereocenters. The van der Waals surface area contributed by atoms with E-state index in [1.807, 2.05) is 26.0 Å². The molecule has 0 spiro atoms. The van der Waals surface area contributed by atoms with Crippen LogP contribution in [0.1, 0.15) is 31.9 Å². The average Bonchev–Trinajstić information content (AvgIpc) is 2.65. The van der Waals surface area contributed by atoms with Gasteiger partial charge in [0.25, 0.3) is 0 Å². The van der Waals surface area contributed by atoms with Crippen molar-refractivity contribution < 1.29 is 22.3 Å². The number of ether oxygens (including phenoxy) is 1. The number of para-hydroxylation sites is 1. The van der Waals surface area contributed by atoms with Crippen LogP contribution in [0.4, 0.5) is 10.1 Å². The minimum absolute atomic E-state index is 0.157. The maximum atomic E-state index is 14.1. The lowest BCUT2D eigenvalue weighted by atomic mass is 9.97. The van der Waals surface area contributed by atoms with E-state index in [-0.39, 0.29) is 11.7 Å². The molecule has 1 N–H and O–H groups in total. The lowest BCUT2D eigenvalue weighted by Crippen LogP contribution is -2.42. The van der Waals surface area contributed by atoms with Gasteiger partial charge in [0.15, 0.2) is 0 Å². The Kier molecular flexibility index (Phi) is 7.61. The Bertz CT molecular complexity index is 930. The van der Waals surface area contributed by atoms with Gasteiger partial charge >= 0.3 is 0 Å². The Labute approximate surface area is 171 Å². The number of hydrogen-bond acceptors (Lipinski definition) is 4. The van der Waals surface area contributed by atoms with Gasteiger partial charge in [-0.2, -0.15) is 0 Å². The van der Waals surface area contributed by atoms with Gasteiger partial charge in [0.1, 0.15) is 18.1 Å². The first-order valence-corrected chi connectivity index (χ1v) is 11.1. The Morgan fingerprint density at radius 1 is 1.14 bits per heavy atom. The summed E-state index contributed by atoms with van der Waals surface area (Å²) in [6.07, 6.45) is 1.61. The Morgan fingerprint density at radius 3 is 2.28 bits per heavy atom. The average molecular weight is 423 g/mol. The van der Waals surface area contributed by atoms with Crippen molar-refractivity contribution in [3.05, 3.63) is 59.9 Å². The Hall–Kier alpha value is -2.61. The molecule has 0 aliphatic heterocycles. The molecule has 0 aromatic heterocycles. The number of amides is 1. The third-order valence-electron chi connectivity index (χ3n) is 4.37. The van der Waals surface area contributed by atoms with E-state index in [4.69, 9.17) is 4.74 Å². The van der Waals surface area contributed by atoms with Gasteiger partial charge in [0.2, 0.25) is 15.9 Å². The topological polar surface area (TPSA) is 75.7 Å². The lowest BCUT2D eigenvalue weighted by Gasteiger charge is -2.25. The number of carbonyl (C=O) groups is 1. The summed E-state index contributed by atoms with van der Waals surface area (Å²) in [6, 6.07) is 12.5. The van der Waals surface area contributed by atoms with Gasteiger partial charge < -0.3 is 10.1 Å². The van der Waals surface area contributed by atoms with Crippen molar-refractivity contribution in [2.45, 2.75) is 26.3 Å². The third-order valence-corrected chi connectivity index (χ3v) is 5.50. The predicted molar refractivity (Wildman–Crippen MR) is 112 cm³/mol. The van der Waals surface area contributed by atoms with E-state index in [9.17, 15) is 17.6 Å². The van der Waals surface area contributed by atoms with E-state index in [0.29, 0.717) is 18.1 Å². The van der Waals surface area contributed by atoms with Gasteiger partial charge in [-0.3, -0.25) is 9.10 Å². The quantitative estimate of drug-likeness (QED) is 0.671. The Balaban J connectivity index is 2.23. The van der Waals surface area contributed by atoms with Gasteiger partial charge in [-0.05, 0) is 42.2 Å². The summed E-state index contributed by atoms with van der Waals surface area (Å²) in [5, 5.41) is 2.89. The molecule has 6 nitrogen and oxygen atoms in total. The molecule has 0 heterocycles. The van der Waals surface area contributed by atoms with Crippen molar-refractivity contribution in [1.82, 2.24) is 5.32 Å². The number of nitrogens with one attached hydrogen (secondary N) is 1. The number of hydrogen-bond donors (Lipinski definition) is 1.